The maximum Gasteiger partial charge on any atom is -0.0195 e. The van der Waals surface area contributed by atoms with Crippen LogP contribution in [0.1, 0.15) is 80.1 Å². The molecule has 2 saturated carbocycles. The van der Waals surface area contributed by atoms with Crippen LogP contribution in [0.2, 0.25) is 0 Å². The van der Waals surface area contributed by atoms with Gasteiger partial charge >= 0.3 is 0 Å². The van der Waals surface area contributed by atoms with Crippen molar-refractivity contribution in [2.45, 2.75) is 80.1 Å². The number of rotatable bonds is 0. The molecule has 0 aliphatic heterocycles. The van der Waals surface area contributed by atoms with Crippen LogP contribution in [0, 0.1) is 21.7 Å². The van der Waals surface area contributed by atoms with Crippen LogP contribution in [0.4, 0.5) is 0 Å². The lowest BCUT2D eigenvalue weighted by Crippen LogP contribution is -2.49. The van der Waals surface area contributed by atoms with E-state index in [1.807, 2.05) is 0 Å². The van der Waals surface area contributed by atoms with Gasteiger partial charge in [0, 0.05) is 0 Å². The topological polar surface area (TPSA) is 0 Å². The maximum absolute atomic E-state index is 2.47. The van der Waals surface area contributed by atoms with Gasteiger partial charge in [-0.2, -0.15) is 0 Å². The molecule has 0 amide bonds. The van der Waals surface area contributed by atoms with Gasteiger partial charge in [0.25, 0.3) is 0 Å². The molecule has 2 aliphatic carbocycles. The van der Waals surface area contributed by atoms with Crippen LogP contribution >= 0.6 is 0 Å². The summed E-state index contributed by atoms with van der Waals surface area (Å²) in [6, 6.07) is 0. The standard InChI is InChI=1S/C16H30/c1-13(2,3)16(14(4,5)6)9-7-8-15(12-16)10-11-15/h7-12H2,1-6H3. The smallest absolute Gasteiger partial charge is 0.0195 e. The van der Waals surface area contributed by atoms with E-state index in [9.17, 15) is 0 Å². The molecule has 0 aromatic heterocycles. The van der Waals surface area contributed by atoms with Crippen LogP contribution in [0.3, 0.4) is 0 Å². The molecule has 2 fully saturated rings. The highest BCUT2D eigenvalue weighted by Crippen LogP contribution is 2.69. The first-order valence-electron chi connectivity index (χ1n) is 7.12. The fourth-order valence-corrected chi connectivity index (χ4v) is 4.59. The molecule has 0 unspecified atom stereocenters. The van der Waals surface area contributed by atoms with Crippen molar-refractivity contribution in [3.63, 3.8) is 0 Å². The Balaban J connectivity index is 2.35. The SMILES string of the molecule is CC(C)(C)C1(C(C)(C)C)CCCC2(CC2)C1. The van der Waals surface area contributed by atoms with E-state index in [1.165, 1.54) is 38.5 Å². The Kier molecular flexibility index (Phi) is 2.54. The average molecular weight is 222 g/mol. The molecule has 0 nitrogen and oxygen atoms in total. The Morgan fingerprint density at radius 1 is 0.688 bits per heavy atom. The molecule has 2 rings (SSSR count). The molecule has 0 aromatic rings. The molecule has 1 spiro atoms. The highest BCUT2D eigenvalue weighted by atomic mass is 14.6. The first kappa shape index (κ1) is 12.5. The van der Waals surface area contributed by atoms with E-state index in [4.69, 9.17) is 0 Å². The Morgan fingerprint density at radius 2 is 1.19 bits per heavy atom. The second kappa shape index (κ2) is 3.27. The third-order valence-corrected chi connectivity index (χ3v) is 5.82. The molecule has 0 heteroatoms. The molecule has 0 N–H and O–H groups in total. The molecular weight excluding hydrogens is 192 g/mol. The van der Waals surface area contributed by atoms with E-state index in [0.717, 1.165) is 5.41 Å². The third-order valence-electron chi connectivity index (χ3n) is 5.82. The predicted molar refractivity (Wildman–Crippen MR) is 71.5 cm³/mol. The van der Waals surface area contributed by atoms with E-state index in [0.29, 0.717) is 16.2 Å². The molecule has 0 radical (unpaired) electrons. The van der Waals surface area contributed by atoms with Crippen LogP contribution < -0.4 is 0 Å². The first-order valence-corrected chi connectivity index (χ1v) is 7.12. The molecule has 0 aromatic carbocycles. The lowest BCUT2D eigenvalue weighted by molar-refractivity contribution is -0.0856. The van der Waals surface area contributed by atoms with Gasteiger partial charge in [-0.1, -0.05) is 48.0 Å². The zero-order valence-electron chi connectivity index (χ0n) is 12.2. The lowest BCUT2D eigenvalue weighted by Gasteiger charge is -2.58. The second-order valence-corrected chi connectivity index (χ2v) is 8.61. The summed E-state index contributed by atoms with van der Waals surface area (Å²) in [5.74, 6) is 0. The molecule has 94 valence electrons. The van der Waals surface area contributed by atoms with Gasteiger partial charge < -0.3 is 0 Å². The summed E-state index contributed by atoms with van der Waals surface area (Å²) < 4.78 is 0. The summed E-state index contributed by atoms with van der Waals surface area (Å²) in [4.78, 5) is 0. The maximum atomic E-state index is 2.47. The molecular formula is C16H30. The van der Waals surface area contributed by atoms with Gasteiger partial charge in [-0.15, -0.1) is 0 Å². The minimum Gasteiger partial charge on any atom is -0.0596 e. The van der Waals surface area contributed by atoms with Gasteiger partial charge in [0.1, 0.15) is 0 Å². The van der Waals surface area contributed by atoms with Gasteiger partial charge in [-0.3, -0.25) is 0 Å². The van der Waals surface area contributed by atoms with Gasteiger partial charge in [0.15, 0.2) is 0 Å². The van der Waals surface area contributed by atoms with Crippen LogP contribution in [0.15, 0.2) is 0 Å². The van der Waals surface area contributed by atoms with Crippen molar-refractivity contribution in [2.75, 3.05) is 0 Å². The summed E-state index contributed by atoms with van der Waals surface area (Å²) in [6.45, 7) is 14.8. The van der Waals surface area contributed by atoms with Crippen molar-refractivity contribution >= 4 is 0 Å². The van der Waals surface area contributed by atoms with Crippen LogP contribution in [0.25, 0.3) is 0 Å². The number of hydrogen-bond acceptors (Lipinski definition) is 0. The van der Waals surface area contributed by atoms with E-state index < -0.39 is 0 Å². The Morgan fingerprint density at radius 3 is 1.56 bits per heavy atom. The van der Waals surface area contributed by atoms with Crippen LogP contribution in [-0.4, -0.2) is 0 Å². The van der Waals surface area contributed by atoms with Crippen molar-refractivity contribution < 1.29 is 0 Å². The molecule has 2 aliphatic rings. The van der Waals surface area contributed by atoms with E-state index in [2.05, 4.69) is 41.5 Å². The van der Waals surface area contributed by atoms with Crippen LogP contribution in [0.5, 0.6) is 0 Å². The summed E-state index contributed by atoms with van der Waals surface area (Å²) in [5.41, 5.74) is 2.22. The molecule has 16 heavy (non-hydrogen) atoms. The summed E-state index contributed by atoms with van der Waals surface area (Å²) >= 11 is 0. The molecule has 0 heterocycles. The van der Waals surface area contributed by atoms with Gasteiger partial charge in [0.05, 0.1) is 0 Å². The van der Waals surface area contributed by atoms with E-state index in [1.54, 1.807) is 0 Å². The minimum absolute atomic E-state index is 0.446. The Labute approximate surface area is 102 Å². The fourth-order valence-electron chi connectivity index (χ4n) is 4.59. The van der Waals surface area contributed by atoms with Gasteiger partial charge in [-0.25, -0.2) is 0 Å². The lowest BCUT2D eigenvalue weighted by atomic mass is 9.47. The Bertz CT molecular complexity index is 253. The minimum atomic E-state index is 0.446. The van der Waals surface area contributed by atoms with Crippen LogP contribution in [-0.2, 0) is 0 Å². The summed E-state index contributed by atoms with van der Waals surface area (Å²) in [5, 5.41) is 0. The van der Waals surface area contributed by atoms with Crippen molar-refractivity contribution in [1.82, 2.24) is 0 Å². The number of hydrogen-bond donors (Lipinski definition) is 0. The van der Waals surface area contributed by atoms with Crippen molar-refractivity contribution in [3.05, 3.63) is 0 Å². The van der Waals surface area contributed by atoms with Gasteiger partial charge in [0.2, 0.25) is 0 Å². The normalized spacial score (nSPS) is 28.1. The van der Waals surface area contributed by atoms with E-state index in [-0.39, 0.29) is 0 Å². The van der Waals surface area contributed by atoms with Crippen molar-refractivity contribution in [2.24, 2.45) is 21.7 Å². The highest BCUT2D eigenvalue weighted by Gasteiger charge is 2.59. The largest absolute Gasteiger partial charge is 0.0596 e. The molecule has 0 bridgehead atoms. The third kappa shape index (κ3) is 1.73. The van der Waals surface area contributed by atoms with E-state index >= 15 is 0 Å². The summed E-state index contributed by atoms with van der Waals surface area (Å²) in [6.07, 6.45) is 8.95. The average Bonchev–Trinajstić information content (AvgIpc) is 2.81. The predicted octanol–water partition coefficient (Wildman–Crippen LogP) is 5.42. The monoisotopic (exact) mass is 222 g/mol. The summed E-state index contributed by atoms with van der Waals surface area (Å²) in [7, 11) is 0. The second-order valence-electron chi connectivity index (χ2n) is 8.61. The first-order chi connectivity index (χ1) is 7.12. The zero-order valence-corrected chi connectivity index (χ0v) is 12.2. The molecule has 0 atom stereocenters. The Hall–Kier alpha value is 0. The highest BCUT2D eigenvalue weighted by molar-refractivity contribution is 5.09. The van der Waals surface area contributed by atoms with Gasteiger partial charge in [-0.05, 0) is 53.8 Å². The molecule has 0 saturated heterocycles. The van der Waals surface area contributed by atoms with Crippen molar-refractivity contribution in [3.8, 4) is 0 Å². The zero-order chi connectivity index (χ0) is 12.2. The van der Waals surface area contributed by atoms with Crippen molar-refractivity contribution in [1.29, 1.82) is 0 Å². The fraction of sp³-hybridized carbons (Fsp3) is 1.00. The quantitative estimate of drug-likeness (QED) is 0.513.